The highest BCUT2D eigenvalue weighted by molar-refractivity contribution is 7.98. The SMILES string of the molecule is CNCc1ccc(SCc2ccc(Cl)cc2F)cc1. The van der Waals surface area contributed by atoms with Crippen molar-refractivity contribution in [2.24, 2.45) is 0 Å². The molecule has 0 aliphatic heterocycles. The maximum Gasteiger partial charge on any atom is 0.128 e. The molecule has 0 bridgehead atoms. The molecular weight excluding hydrogens is 281 g/mol. The van der Waals surface area contributed by atoms with Crippen molar-refractivity contribution in [1.29, 1.82) is 0 Å². The van der Waals surface area contributed by atoms with Crippen LogP contribution in [-0.4, -0.2) is 7.05 Å². The molecule has 0 spiro atoms. The first-order valence-corrected chi connectivity index (χ1v) is 7.35. The van der Waals surface area contributed by atoms with Crippen LogP contribution in [0.3, 0.4) is 0 Å². The smallest absolute Gasteiger partial charge is 0.128 e. The van der Waals surface area contributed by atoms with E-state index in [9.17, 15) is 4.39 Å². The molecule has 0 aromatic heterocycles. The van der Waals surface area contributed by atoms with Gasteiger partial charge in [0.1, 0.15) is 5.82 Å². The van der Waals surface area contributed by atoms with Crippen LogP contribution in [0.4, 0.5) is 4.39 Å². The van der Waals surface area contributed by atoms with Gasteiger partial charge in [-0.3, -0.25) is 0 Å². The molecule has 0 amide bonds. The summed E-state index contributed by atoms with van der Waals surface area (Å²) in [6.07, 6.45) is 0. The van der Waals surface area contributed by atoms with Gasteiger partial charge in [-0.1, -0.05) is 29.8 Å². The molecular formula is C15H15ClFNS. The third-order valence-electron chi connectivity index (χ3n) is 2.71. The van der Waals surface area contributed by atoms with Crippen molar-refractivity contribution in [3.63, 3.8) is 0 Å². The Labute approximate surface area is 122 Å². The van der Waals surface area contributed by atoms with Crippen LogP contribution in [0.5, 0.6) is 0 Å². The molecule has 0 radical (unpaired) electrons. The summed E-state index contributed by atoms with van der Waals surface area (Å²) in [4.78, 5) is 1.13. The van der Waals surface area contributed by atoms with E-state index in [0.29, 0.717) is 16.3 Å². The highest BCUT2D eigenvalue weighted by Crippen LogP contribution is 2.25. The molecule has 1 N–H and O–H groups in total. The van der Waals surface area contributed by atoms with Crippen LogP contribution in [0.2, 0.25) is 5.02 Å². The van der Waals surface area contributed by atoms with Crippen molar-refractivity contribution >= 4 is 23.4 Å². The molecule has 1 nitrogen and oxygen atoms in total. The van der Waals surface area contributed by atoms with Crippen LogP contribution in [-0.2, 0) is 12.3 Å². The van der Waals surface area contributed by atoms with Crippen LogP contribution >= 0.6 is 23.4 Å². The minimum Gasteiger partial charge on any atom is -0.316 e. The topological polar surface area (TPSA) is 12.0 Å². The maximum atomic E-state index is 13.6. The van der Waals surface area contributed by atoms with E-state index >= 15 is 0 Å². The number of hydrogen-bond acceptors (Lipinski definition) is 2. The fourth-order valence-electron chi connectivity index (χ4n) is 1.71. The lowest BCUT2D eigenvalue weighted by atomic mass is 10.2. The largest absolute Gasteiger partial charge is 0.316 e. The van der Waals surface area contributed by atoms with Crippen molar-refractivity contribution in [1.82, 2.24) is 5.32 Å². The van der Waals surface area contributed by atoms with Crippen molar-refractivity contribution in [3.05, 3.63) is 64.4 Å². The van der Waals surface area contributed by atoms with E-state index in [0.717, 1.165) is 11.4 Å². The first kappa shape index (κ1) is 14.4. The van der Waals surface area contributed by atoms with Gasteiger partial charge in [-0.25, -0.2) is 4.39 Å². The number of nitrogens with one attached hydrogen (secondary N) is 1. The highest BCUT2D eigenvalue weighted by Gasteiger charge is 2.04. The van der Waals surface area contributed by atoms with E-state index in [4.69, 9.17) is 11.6 Å². The lowest BCUT2D eigenvalue weighted by Crippen LogP contribution is -2.04. The van der Waals surface area contributed by atoms with Gasteiger partial charge >= 0.3 is 0 Å². The molecule has 0 saturated carbocycles. The van der Waals surface area contributed by atoms with Crippen LogP contribution < -0.4 is 5.32 Å². The summed E-state index contributed by atoms with van der Waals surface area (Å²) in [6.45, 7) is 0.858. The Morgan fingerprint density at radius 3 is 2.53 bits per heavy atom. The van der Waals surface area contributed by atoms with Crippen molar-refractivity contribution < 1.29 is 4.39 Å². The molecule has 2 aromatic carbocycles. The quantitative estimate of drug-likeness (QED) is 0.816. The normalized spacial score (nSPS) is 10.7. The van der Waals surface area contributed by atoms with Gasteiger partial charge in [0, 0.05) is 22.2 Å². The molecule has 4 heteroatoms. The van der Waals surface area contributed by atoms with Crippen LogP contribution in [0.1, 0.15) is 11.1 Å². The van der Waals surface area contributed by atoms with Crippen molar-refractivity contribution in [3.8, 4) is 0 Å². The minimum absolute atomic E-state index is 0.244. The minimum atomic E-state index is -0.244. The number of thioether (sulfide) groups is 1. The first-order valence-electron chi connectivity index (χ1n) is 5.99. The lowest BCUT2D eigenvalue weighted by Gasteiger charge is -2.05. The predicted octanol–water partition coefficient (Wildman–Crippen LogP) is 4.49. The second-order valence-electron chi connectivity index (χ2n) is 4.20. The summed E-state index contributed by atoms with van der Waals surface area (Å²) < 4.78 is 13.6. The number of hydrogen-bond donors (Lipinski definition) is 1. The molecule has 19 heavy (non-hydrogen) atoms. The van der Waals surface area contributed by atoms with E-state index in [2.05, 4.69) is 29.6 Å². The van der Waals surface area contributed by atoms with Gasteiger partial charge in [-0.05, 0) is 42.4 Å². The summed E-state index contributed by atoms with van der Waals surface area (Å²) in [5.41, 5.74) is 1.92. The second-order valence-corrected chi connectivity index (χ2v) is 5.68. The summed E-state index contributed by atoms with van der Waals surface area (Å²) in [5, 5.41) is 3.54. The average molecular weight is 296 g/mol. The summed E-state index contributed by atoms with van der Waals surface area (Å²) in [5.74, 6) is 0.362. The first-order chi connectivity index (χ1) is 9.19. The number of halogens is 2. The Hall–Kier alpha value is -1.03. The van der Waals surface area contributed by atoms with Crippen LogP contribution in [0.15, 0.2) is 47.4 Å². The van der Waals surface area contributed by atoms with Crippen molar-refractivity contribution in [2.45, 2.75) is 17.2 Å². The van der Waals surface area contributed by atoms with E-state index < -0.39 is 0 Å². The van der Waals surface area contributed by atoms with Gasteiger partial charge < -0.3 is 5.32 Å². The summed E-state index contributed by atoms with van der Waals surface area (Å²) >= 11 is 7.35. The third-order valence-corrected chi connectivity index (χ3v) is 4.01. The average Bonchev–Trinajstić information content (AvgIpc) is 2.40. The second kappa shape index (κ2) is 6.94. The molecule has 0 aliphatic rings. The summed E-state index contributed by atoms with van der Waals surface area (Å²) in [7, 11) is 1.92. The van der Waals surface area contributed by atoms with Crippen LogP contribution in [0.25, 0.3) is 0 Å². The molecule has 0 unspecified atom stereocenters. The highest BCUT2D eigenvalue weighted by atomic mass is 35.5. The van der Waals surface area contributed by atoms with Crippen LogP contribution in [0, 0.1) is 5.82 Å². The molecule has 100 valence electrons. The molecule has 0 saturated heterocycles. The third kappa shape index (κ3) is 4.23. The van der Waals surface area contributed by atoms with Crippen molar-refractivity contribution in [2.75, 3.05) is 7.05 Å². The molecule has 0 heterocycles. The maximum absolute atomic E-state index is 13.6. The zero-order valence-corrected chi connectivity index (χ0v) is 12.2. The molecule has 0 aliphatic carbocycles. The van der Waals surface area contributed by atoms with Gasteiger partial charge in [-0.15, -0.1) is 11.8 Å². The zero-order chi connectivity index (χ0) is 13.7. The van der Waals surface area contributed by atoms with Gasteiger partial charge in [0.15, 0.2) is 0 Å². The predicted molar refractivity (Wildman–Crippen MR) is 80.2 cm³/mol. The standard InChI is InChI=1S/C15H15ClFNS/c1-18-9-11-2-6-14(7-3-11)19-10-12-4-5-13(16)8-15(12)17/h2-8,18H,9-10H2,1H3. The van der Waals surface area contributed by atoms with Gasteiger partial charge in [0.25, 0.3) is 0 Å². The fraction of sp³-hybridized carbons (Fsp3) is 0.200. The Morgan fingerprint density at radius 1 is 1.16 bits per heavy atom. The lowest BCUT2D eigenvalue weighted by molar-refractivity contribution is 0.617. The Bertz CT molecular complexity index is 542. The molecule has 2 aromatic rings. The number of benzene rings is 2. The Morgan fingerprint density at radius 2 is 1.89 bits per heavy atom. The monoisotopic (exact) mass is 295 g/mol. The van der Waals surface area contributed by atoms with E-state index in [1.807, 2.05) is 7.05 Å². The molecule has 0 atom stereocenters. The van der Waals surface area contributed by atoms with E-state index in [1.165, 1.54) is 11.6 Å². The fourth-order valence-corrected chi connectivity index (χ4v) is 2.75. The Kier molecular flexibility index (Phi) is 5.25. The van der Waals surface area contributed by atoms with Gasteiger partial charge in [0.05, 0.1) is 0 Å². The Balaban J connectivity index is 1.98. The van der Waals surface area contributed by atoms with E-state index in [1.54, 1.807) is 23.9 Å². The molecule has 0 fully saturated rings. The van der Waals surface area contributed by atoms with Gasteiger partial charge in [-0.2, -0.15) is 0 Å². The van der Waals surface area contributed by atoms with E-state index in [-0.39, 0.29) is 5.82 Å². The zero-order valence-electron chi connectivity index (χ0n) is 10.6. The number of rotatable bonds is 5. The summed E-state index contributed by atoms with van der Waals surface area (Å²) in [6, 6.07) is 13.1. The molecule has 2 rings (SSSR count). The van der Waals surface area contributed by atoms with Gasteiger partial charge in [0.2, 0.25) is 0 Å².